The lowest BCUT2D eigenvalue weighted by Gasteiger charge is -2.34. The summed E-state index contributed by atoms with van der Waals surface area (Å²) < 4.78 is 0. The van der Waals surface area contributed by atoms with Crippen LogP contribution in [0.15, 0.2) is 42.5 Å². The van der Waals surface area contributed by atoms with Crippen molar-refractivity contribution >= 4 is 34.9 Å². The van der Waals surface area contributed by atoms with Gasteiger partial charge in [-0.1, -0.05) is 17.7 Å². The van der Waals surface area contributed by atoms with Crippen LogP contribution in [0.4, 0.5) is 5.69 Å². The summed E-state index contributed by atoms with van der Waals surface area (Å²) in [4.78, 5) is 40.5. The van der Waals surface area contributed by atoms with Gasteiger partial charge in [0.25, 0.3) is 5.91 Å². The number of carbonyl (C=O) groups excluding carboxylic acids is 3. The van der Waals surface area contributed by atoms with E-state index >= 15 is 0 Å². The minimum absolute atomic E-state index is 0.0248. The van der Waals surface area contributed by atoms with Gasteiger partial charge < -0.3 is 10.2 Å². The van der Waals surface area contributed by atoms with E-state index in [4.69, 9.17) is 11.6 Å². The van der Waals surface area contributed by atoms with Gasteiger partial charge in [0, 0.05) is 48.0 Å². The Labute approximate surface area is 168 Å². The third-order valence-corrected chi connectivity index (χ3v) is 5.39. The normalized spacial score (nSPS) is 16.6. The Bertz CT molecular complexity index is 952. The first kappa shape index (κ1) is 18.7. The van der Waals surface area contributed by atoms with Crippen LogP contribution in [0.3, 0.4) is 0 Å². The van der Waals surface area contributed by atoms with Crippen molar-refractivity contribution in [1.29, 1.82) is 0 Å². The molecule has 0 radical (unpaired) electrons. The molecule has 7 heteroatoms. The molecule has 1 fully saturated rings. The van der Waals surface area contributed by atoms with E-state index in [1.807, 2.05) is 0 Å². The molecule has 2 aliphatic heterocycles. The maximum Gasteiger partial charge on any atom is 0.253 e. The van der Waals surface area contributed by atoms with E-state index in [9.17, 15) is 14.4 Å². The number of amides is 2. The van der Waals surface area contributed by atoms with Gasteiger partial charge in [-0.15, -0.1) is 0 Å². The van der Waals surface area contributed by atoms with Gasteiger partial charge in [-0.25, -0.2) is 0 Å². The summed E-state index contributed by atoms with van der Waals surface area (Å²) in [5.74, 6) is -0.0545. The van der Waals surface area contributed by atoms with Crippen molar-refractivity contribution in [1.82, 2.24) is 9.80 Å². The molecule has 1 saturated heterocycles. The summed E-state index contributed by atoms with van der Waals surface area (Å²) in [5.41, 5.74) is 2.86. The molecule has 2 aliphatic rings. The molecule has 0 bridgehead atoms. The maximum absolute atomic E-state index is 12.6. The van der Waals surface area contributed by atoms with Crippen LogP contribution in [0.5, 0.6) is 0 Å². The van der Waals surface area contributed by atoms with Crippen LogP contribution < -0.4 is 5.32 Å². The van der Waals surface area contributed by atoms with E-state index in [-0.39, 0.29) is 17.6 Å². The van der Waals surface area contributed by atoms with E-state index in [0.29, 0.717) is 55.3 Å². The molecule has 0 atom stereocenters. The van der Waals surface area contributed by atoms with Crippen molar-refractivity contribution < 1.29 is 14.4 Å². The van der Waals surface area contributed by atoms with E-state index < -0.39 is 0 Å². The Morgan fingerprint density at radius 2 is 1.79 bits per heavy atom. The highest BCUT2D eigenvalue weighted by Crippen LogP contribution is 2.24. The highest BCUT2D eigenvalue weighted by atomic mass is 35.5. The van der Waals surface area contributed by atoms with Crippen LogP contribution in [-0.2, 0) is 11.2 Å². The van der Waals surface area contributed by atoms with Gasteiger partial charge in [-0.3, -0.25) is 19.3 Å². The average molecular weight is 398 g/mol. The Balaban J connectivity index is 1.33. The Kier molecular flexibility index (Phi) is 5.15. The standard InChI is InChI=1S/C21H20ClN3O3/c22-17-3-1-2-15(11-17)21(28)25-8-6-24(7-9-25)13-19(26)14-4-5-18-16(10-14)12-20(27)23-18/h1-5,10-11H,6-9,12-13H2,(H,23,27). The predicted molar refractivity (Wildman–Crippen MR) is 107 cm³/mol. The minimum atomic E-state index is -0.0416. The van der Waals surface area contributed by atoms with Gasteiger partial charge in [0.2, 0.25) is 5.91 Å². The quantitative estimate of drug-likeness (QED) is 0.805. The van der Waals surface area contributed by atoms with Crippen LogP contribution in [0.1, 0.15) is 26.3 Å². The number of rotatable bonds is 4. The fraction of sp³-hybridized carbons (Fsp3) is 0.286. The second-order valence-electron chi connectivity index (χ2n) is 7.10. The molecule has 4 rings (SSSR count). The number of hydrogen-bond donors (Lipinski definition) is 1. The molecule has 2 amide bonds. The molecule has 1 N–H and O–H groups in total. The lowest BCUT2D eigenvalue weighted by Crippen LogP contribution is -2.49. The van der Waals surface area contributed by atoms with Gasteiger partial charge in [0.05, 0.1) is 13.0 Å². The fourth-order valence-corrected chi connectivity index (χ4v) is 3.80. The number of piperazine rings is 1. The largest absolute Gasteiger partial charge is 0.336 e. The molecule has 2 aromatic carbocycles. The second kappa shape index (κ2) is 7.73. The topological polar surface area (TPSA) is 69.7 Å². The van der Waals surface area contributed by atoms with Gasteiger partial charge >= 0.3 is 0 Å². The Hall–Kier alpha value is -2.70. The first-order valence-corrected chi connectivity index (χ1v) is 9.60. The predicted octanol–water partition coefficient (Wildman–Crippen LogP) is 2.48. The molecule has 6 nitrogen and oxygen atoms in total. The summed E-state index contributed by atoms with van der Waals surface area (Å²) in [6, 6.07) is 12.3. The van der Waals surface area contributed by atoms with Gasteiger partial charge in [-0.05, 0) is 42.0 Å². The van der Waals surface area contributed by atoms with E-state index in [2.05, 4.69) is 10.2 Å². The molecule has 0 aromatic heterocycles. The highest BCUT2D eigenvalue weighted by Gasteiger charge is 2.24. The zero-order chi connectivity index (χ0) is 19.7. The van der Waals surface area contributed by atoms with Crippen molar-refractivity contribution in [3.8, 4) is 0 Å². The van der Waals surface area contributed by atoms with Gasteiger partial charge in [0.15, 0.2) is 5.78 Å². The molecule has 28 heavy (non-hydrogen) atoms. The minimum Gasteiger partial charge on any atom is -0.336 e. The number of hydrogen-bond acceptors (Lipinski definition) is 4. The molecular weight excluding hydrogens is 378 g/mol. The van der Waals surface area contributed by atoms with Crippen molar-refractivity contribution in [2.45, 2.75) is 6.42 Å². The maximum atomic E-state index is 12.6. The van der Waals surface area contributed by atoms with Gasteiger partial charge in [0.1, 0.15) is 0 Å². The molecule has 0 saturated carbocycles. The smallest absolute Gasteiger partial charge is 0.253 e. The monoisotopic (exact) mass is 397 g/mol. The number of nitrogens with zero attached hydrogens (tertiary/aromatic N) is 2. The third-order valence-electron chi connectivity index (χ3n) is 5.15. The van der Waals surface area contributed by atoms with E-state index in [1.165, 1.54) is 0 Å². The summed E-state index contributed by atoms with van der Waals surface area (Å²) in [6.07, 6.45) is 0.320. The number of halogens is 1. The fourth-order valence-electron chi connectivity index (χ4n) is 3.61. The highest BCUT2D eigenvalue weighted by molar-refractivity contribution is 6.30. The molecule has 0 aliphatic carbocycles. The van der Waals surface area contributed by atoms with Gasteiger partial charge in [-0.2, -0.15) is 0 Å². The third kappa shape index (κ3) is 3.93. The second-order valence-corrected chi connectivity index (χ2v) is 7.54. The number of carbonyl (C=O) groups is 3. The number of Topliss-reactive ketones (excluding diaryl/α,β-unsaturated/α-hetero) is 1. The number of anilines is 1. The number of ketones is 1. The van der Waals surface area contributed by atoms with Crippen molar-refractivity contribution in [3.05, 3.63) is 64.2 Å². The van der Waals surface area contributed by atoms with Crippen LogP contribution in [0.25, 0.3) is 0 Å². The number of nitrogens with one attached hydrogen (secondary N) is 1. The average Bonchev–Trinajstić information content (AvgIpc) is 3.07. The molecule has 0 unspecified atom stereocenters. The lowest BCUT2D eigenvalue weighted by molar-refractivity contribution is -0.115. The Morgan fingerprint density at radius 3 is 2.54 bits per heavy atom. The summed E-state index contributed by atoms with van der Waals surface area (Å²) in [6.45, 7) is 2.73. The lowest BCUT2D eigenvalue weighted by atomic mass is 10.0. The molecule has 144 valence electrons. The number of fused-ring (bicyclic) bond motifs is 1. The first-order chi connectivity index (χ1) is 13.5. The molecule has 0 spiro atoms. The number of benzene rings is 2. The van der Waals surface area contributed by atoms with Crippen molar-refractivity contribution in [2.75, 3.05) is 38.0 Å². The van der Waals surface area contributed by atoms with Crippen LogP contribution in [0.2, 0.25) is 5.02 Å². The molecule has 2 heterocycles. The van der Waals surface area contributed by atoms with Crippen LogP contribution >= 0.6 is 11.6 Å². The summed E-state index contributed by atoms with van der Waals surface area (Å²) >= 11 is 5.97. The zero-order valence-corrected chi connectivity index (χ0v) is 16.0. The summed E-state index contributed by atoms with van der Waals surface area (Å²) in [5, 5.41) is 3.31. The summed E-state index contributed by atoms with van der Waals surface area (Å²) in [7, 11) is 0. The first-order valence-electron chi connectivity index (χ1n) is 9.23. The van der Waals surface area contributed by atoms with Crippen molar-refractivity contribution in [3.63, 3.8) is 0 Å². The SMILES string of the molecule is O=C1Cc2cc(C(=O)CN3CCN(C(=O)c4cccc(Cl)c4)CC3)ccc2N1. The molecular formula is C21H20ClN3O3. The Morgan fingerprint density at radius 1 is 1.00 bits per heavy atom. The van der Waals surface area contributed by atoms with Crippen LogP contribution in [-0.4, -0.2) is 60.1 Å². The van der Waals surface area contributed by atoms with E-state index in [1.54, 1.807) is 47.4 Å². The van der Waals surface area contributed by atoms with Crippen molar-refractivity contribution in [2.24, 2.45) is 0 Å². The van der Waals surface area contributed by atoms with Crippen LogP contribution in [0, 0.1) is 0 Å². The zero-order valence-electron chi connectivity index (χ0n) is 15.3. The van der Waals surface area contributed by atoms with E-state index in [0.717, 1.165) is 11.3 Å². The molecule has 2 aromatic rings.